The molecule has 0 N–H and O–H groups in total. The molecule has 0 rings (SSSR count). The average molecular weight is 220 g/mol. The highest BCUT2D eigenvalue weighted by Gasteiger charge is 2.23. The highest BCUT2D eigenvalue weighted by molar-refractivity contribution is 6.72. The zero-order valence-electron chi connectivity index (χ0n) is 9.94. The van der Waals surface area contributed by atoms with E-state index in [9.17, 15) is 0 Å². The van der Waals surface area contributed by atoms with Crippen LogP contribution in [0.2, 0.25) is 38.8 Å². The maximum Gasteiger partial charge on any atom is 0.188 e. The smallest absolute Gasteiger partial charge is 0.188 e. The monoisotopic (exact) mass is 220 g/mol. The van der Waals surface area contributed by atoms with Gasteiger partial charge in [0.25, 0.3) is 0 Å². The van der Waals surface area contributed by atoms with Crippen LogP contribution in [0.1, 0.15) is 6.92 Å². The number of hydrogen-bond donors (Lipinski definition) is 0. The minimum Gasteiger partial charge on any atom is -0.418 e. The van der Waals surface area contributed by atoms with E-state index in [2.05, 4.69) is 39.7 Å². The Morgan fingerprint density at radius 1 is 0.923 bits per heavy atom. The largest absolute Gasteiger partial charge is 0.418 e. The van der Waals surface area contributed by atoms with Crippen LogP contribution in [0.25, 0.3) is 0 Å². The van der Waals surface area contributed by atoms with Crippen molar-refractivity contribution in [2.45, 2.75) is 45.7 Å². The van der Waals surface area contributed by atoms with E-state index in [0.717, 1.165) is 19.3 Å². The van der Waals surface area contributed by atoms with Gasteiger partial charge in [-0.1, -0.05) is 0 Å². The zero-order chi connectivity index (χ0) is 10.5. The van der Waals surface area contributed by atoms with Gasteiger partial charge in [0.15, 0.2) is 16.6 Å². The fourth-order valence-corrected chi connectivity index (χ4v) is 3.50. The lowest BCUT2D eigenvalue weighted by atomic mass is 10.9. The number of hydrogen-bond acceptors (Lipinski definition) is 2. The Hall–Kier alpha value is 0.354. The standard InChI is InChI=1S/C9H24O2Si2/c1-7-10-13(5,6)9-8-11-12(2,3)4/h7-9H2,1-6H3. The van der Waals surface area contributed by atoms with Crippen molar-refractivity contribution < 1.29 is 8.85 Å². The Morgan fingerprint density at radius 3 is 1.85 bits per heavy atom. The van der Waals surface area contributed by atoms with Gasteiger partial charge in [-0.3, -0.25) is 0 Å². The molecule has 0 aromatic rings. The normalized spacial score (nSPS) is 13.4. The molecule has 80 valence electrons. The molecule has 0 unspecified atom stereocenters. The molecule has 0 heterocycles. The van der Waals surface area contributed by atoms with Gasteiger partial charge in [-0.2, -0.15) is 0 Å². The van der Waals surface area contributed by atoms with E-state index in [-0.39, 0.29) is 0 Å². The van der Waals surface area contributed by atoms with Gasteiger partial charge in [-0.15, -0.1) is 0 Å². The summed E-state index contributed by atoms with van der Waals surface area (Å²) in [6.45, 7) is 15.0. The second kappa shape index (κ2) is 5.29. The van der Waals surface area contributed by atoms with Crippen LogP contribution < -0.4 is 0 Å². The van der Waals surface area contributed by atoms with E-state index in [1.807, 2.05) is 0 Å². The van der Waals surface area contributed by atoms with Crippen molar-refractivity contribution >= 4 is 16.6 Å². The summed E-state index contributed by atoms with van der Waals surface area (Å²) in [5, 5.41) is 0. The summed E-state index contributed by atoms with van der Waals surface area (Å²) >= 11 is 0. The molecule has 0 radical (unpaired) electrons. The number of rotatable bonds is 6. The van der Waals surface area contributed by atoms with Crippen LogP contribution in [0.5, 0.6) is 0 Å². The first-order valence-corrected chi connectivity index (χ1v) is 11.6. The van der Waals surface area contributed by atoms with Crippen LogP contribution >= 0.6 is 0 Å². The van der Waals surface area contributed by atoms with Crippen molar-refractivity contribution in [2.24, 2.45) is 0 Å². The first-order chi connectivity index (χ1) is 5.77. The van der Waals surface area contributed by atoms with Gasteiger partial charge in [0.2, 0.25) is 0 Å². The fourth-order valence-electron chi connectivity index (χ4n) is 1.07. The predicted octanol–water partition coefficient (Wildman–Crippen LogP) is 3.08. The topological polar surface area (TPSA) is 18.5 Å². The Labute approximate surface area is 84.9 Å². The fraction of sp³-hybridized carbons (Fsp3) is 1.00. The van der Waals surface area contributed by atoms with Crippen molar-refractivity contribution in [3.8, 4) is 0 Å². The SMILES string of the molecule is CCO[Si](C)(C)CCO[Si](C)(C)C. The molecular weight excluding hydrogens is 196 g/mol. The molecule has 2 nitrogen and oxygen atoms in total. The minimum absolute atomic E-state index is 0.839. The molecule has 0 saturated carbocycles. The highest BCUT2D eigenvalue weighted by Crippen LogP contribution is 2.13. The van der Waals surface area contributed by atoms with Gasteiger partial charge in [0.05, 0.1) is 0 Å². The van der Waals surface area contributed by atoms with Crippen molar-refractivity contribution in [1.29, 1.82) is 0 Å². The van der Waals surface area contributed by atoms with Crippen LogP contribution in [0, 0.1) is 0 Å². The highest BCUT2D eigenvalue weighted by atomic mass is 28.4. The van der Waals surface area contributed by atoms with Crippen molar-refractivity contribution in [1.82, 2.24) is 0 Å². The first-order valence-electron chi connectivity index (χ1n) is 5.05. The molecule has 0 aliphatic heterocycles. The van der Waals surface area contributed by atoms with Gasteiger partial charge in [-0.25, -0.2) is 0 Å². The molecule has 0 spiro atoms. The zero-order valence-corrected chi connectivity index (χ0v) is 11.9. The Balaban J connectivity index is 3.63. The first kappa shape index (κ1) is 13.4. The quantitative estimate of drug-likeness (QED) is 0.641. The van der Waals surface area contributed by atoms with Crippen LogP contribution in [-0.2, 0) is 8.85 Å². The van der Waals surface area contributed by atoms with E-state index in [4.69, 9.17) is 8.85 Å². The summed E-state index contributed by atoms with van der Waals surface area (Å²) in [4.78, 5) is 0. The molecule has 0 amide bonds. The summed E-state index contributed by atoms with van der Waals surface area (Å²) in [7, 11) is -2.72. The minimum atomic E-state index is -1.41. The molecule has 4 heteroatoms. The molecule has 0 aliphatic rings. The van der Waals surface area contributed by atoms with Gasteiger partial charge >= 0.3 is 0 Å². The van der Waals surface area contributed by atoms with Crippen molar-refractivity contribution in [2.75, 3.05) is 13.2 Å². The third-order valence-corrected chi connectivity index (χ3v) is 5.32. The van der Waals surface area contributed by atoms with Crippen LogP contribution in [0.4, 0.5) is 0 Å². The van der Waals surface area contributed by atoms with Crippen LogP contribution in [0.3, 0.4) is 0 Å². The summed E-state index contributed by atoms with van der Waals surface area (Å²) in [5.74, 6) is 0. The van der Waals surface area contributed by atoms with Crippen LogP contribution in [-0.4, -0.2) is 29.8 Å². The lowest BCUT2D eigenvalue weighted by Crippen LogP contribution is -2.34. The van der Waals surface area contributed by atoms with Crippen LogP contribution in [0.15, 0.2) is 0 Å². The van der Waals surface area contributed by atoms with E-state index in [1.165, 1.54) is 0 Å². The summed E-state index contributed by atoms with van der Waals surface area (Å²) < 4.78 is 11.5. The van der Waals surface area contributed by atoms with Crippen molar-refractivity contribution in [3.05, 3.63) is 0 Å². The maximum atomic E-state index is 5.81. The van der Waals surface area contributed by atoms with E-state index in [0.29, 0.717) is 0 Å². The Kier molecular flexibility index (Phi) is 5.43. The molecular formula is C9H24O2Si2. The second-order valence-corrected chi connectivity index (χ2v) is 13.7. The second-order valence-electron chi connectivity index (χ2n) is 4.90. The molecule has 13 heavy (non-hydrogen) atoms. The molecule has 0 bridgehead atoms. The summed E-state index contributed by atoms with van der Waals surface area (Å²) in [5.41, 5.74) is 0. The Bertz CT molecular complexity index is 141. The molecule has 0 fully saturated rings. The predicted molar refractivity (Wildman–Crippen MR) is 63.2 cm³/mol. The van der Waals surface area contributed by atoms with Gasteiger partial charge < -0.3 is 8.85 Å². The molecule has 0 aliphatic carbocycles. The lowest BCUT2D eigenvalue weighted by molar-refractivity contribution is 0.297. The summed E-state index contributed by atoms with van der Waals surface area (Å²) in [6.07, 6.45) is 0. The van der Waals surface area contributed by atoms with E-state index in [1.54, 1.807) is 0 Å². The molecule has 0 saturated heterocycles. The van der Waals surface area contributed by atoms with E-state index < -0.39 is 16.6 Å². The summed E-state index contributed by atoms with van der Waals surface area (Å²) in [6, 6.07) is 1.12. The maximum absolute atomic E-state index is 5.81. The van der Waals surface area contributed by atoms with Gasteiger partial charge in [0, 0.05) is 13.2 Å². The molecule has 0 aromatic heterocycles. The molecule has 0 atom stereocenters. The third kappa shape index (κ3) is 8.68. The van der Waals surface area contributed by atoms with Gasteiger partial charge in [0.1, 0.15) is 0 Å². The average Bonchev–Trinajstić information content (AvgIpc) is 1.82. The lowest BCUT2D eigenvalue weighted by Gasteiger charge is -2.24. The third-order valence-electron chi connectivity index (χ3n) is 1.77. The van der Waals surface area contributed by atoms with Crippen molar-refractivity contribution in [3.63, 3.8) is 0 Å². The Morgan fingerprint density at radius 2 is 1.46 bits per heavy atom. The van der Waals surface area contributed by atoms with Gasteiger partial charge in [-0.05, 0) is 45.7 Å². The molecule has 0 aromatic carbocycles. The van der Waals surface area contributed by atoms with E-state index >= 15 is 0 Å².